The van der Waals surface area contributed by atoms with Crippen molar-refractivity contribution in [1.82, 2.24) is 15.1 Å². The quantitative estimate of drug-likeness (QED) is 0.826. The summed E-state index contributed by atoms with van der Waals surface area (Å²) in [7, 11) is 0. The van der Waals surface area contributed by atoms with Gasteiger partial charge in [0.25, 0.3) is 5.91 Å². The third-order valence-corrected chi connectivity index (χ3v) is 4.23. The van der Waals surface area contributed by atoms with Crippen LogP contribution in [-0.4, -0.2) is 34.3 Å². The van der Waals surface area contributed by atoms with Gasteiger partial charge >= 0.3 is 5.97 Å². The lowest BCUT2D eigenvalue weighted by Crippen LogP contribution is -2.37. The Morgan fingerprint density at radius 3 is 2.58 bits per heavy atom. The molecule has 1 aliphatic rings. The molecule has 1 saturated carbocycles. The minimum Gasteiger partial charge on any atom is -0.452 e. The van der Waals surface area contributed by atoms with Gasteiger partial charge in [0.1, 0.15) is 0 Å². The molecule has 2 aromatic rings. The van der Waals surface area contributed by atoms with E-state index in [1.54, 1.807) is 35.1 Å². The molecule has 0 unspecified atom stereocenters. The van der Waals surface area contributed by atoms with Gasteiger partial charge in [-0.15, -0.1) is 0 Å². The molecule has 24 heavy (non-hydrogen) atoms. The van der Waals surface area contributed by atoms with Crippen LogP contribution in [0.4, 0.5) is 0 Å². The maximum Gasteiger partial charge on any atom is 0.338 e. The van der Waals surface area contributed by atoms with Crippen LogP contribution in [0, 0.1) is 12.8 Å². The Bertz CT molecular complexity index is 732. The first kappa shape index (κ1) is 16.2. The van der Waals surface area contributed by atoms with Crippen LogP contribution >= 0.6 is 0 Å². The molecule has 1 fully saturated rings. The van der Waals surface area contributed by atoms with E-state index in [-0.39, 0.29) is 18.6 Å². The van der Waals surface area contributed by atoms with Gasteiger partial charge in [0.2, 0.25) is 0 Å². The number of nitrogens with zero attached hydrogens (tertiary/aromatic N) is 2. The molecule has 1 aliphatic carbocycles. The van der Waals surface area contributed by atoms with Gasteiger partial charge in [-0.25, -0.2) is 9.48 Å². The van der Waals surface area contributed by atoms with E-state index >= 15 is 0 Å². The second-order valence-electron chi connectivity index (χ2n) is 6.20. The number of ether oxygens (including phenoxy) is 1. The van der Waals surface area contributed by atoms with Crippen molar-refractivity contribution in [3.63, 3.8) is 0 Å². The van der Waals surface area contributed by atoms with Gasteiger partial charge in [0.15, 0.2) is 6.61 Å². The van der Waals surface area contributed by atoms with E-state index in [1.165, 1.54) is 0 Å². The van der Waals surface area contributed by atoms with Gasteiger partial charge < -0.3 is 10.1 Å². The highest BCUT2D eigenvalue weighted by Gasteiger charge is 2.29. The van der Waals surface area contributed by atoms with E-state index in [0.717, 1.165) is 24.2 Å². The van der Waals surface area contributed by atoms with E-state index < -0.39 is 5.97 Å². The van der Waals surface area contributed by atoms with Crippen LogP contribution in [0.1, 0.15) is 35.8 Å². The van der Waals surface area contributed by atoms with Crippen LogP contribution in [0.2, 0.25) is 0 Å². The second-order valence-corrected chi connectivity index (χ2v) is 6.20. The first-order chi connectivity index (χ1) is 11.5. The largest absolute Gasteiger partial charge is 0.452 e. The molecular formula is C18H21N3O3. The number of aromatic nitrogens is 2. The summed E-state index contributed by atoms with van der Waals surface area (Å²) < 4.78 is 6.85. The van der Waals surface area contributed by atoms with E-state index in [9.17, 15) is 9.59 Å². The van der Waals surface area contributed by atoms with Crippen LogP contribution in [0.15, 0.2) is 36.5 Å². The van der Waals surface area contributed by atoms with Crippen molar-refractivity contribution < 1.29 is 14.3 Å². The van der Waals surface area contributed by atoms with Crippen LogP contribution in [-0.2, 0) is 9.53 Å². The van der Waals surface area contributed by atoms with Crippen molar-refractivity contribution in [3.8, 4) is 5.69 Å². The normalized spacial score (nSPS) is 14.9. The van der Waals surface area contributed by atoms with Crippen molar-refractivity contribution in [2.45, 2.75) is 32.7 Å². The summed E-state index contributed by atoms with van der Waals surface area (Å²) in [5.74, 6) is -0.192. The van der Waals surface area contributed by atoms with Crippen LogP contribution in [0.3, 0.4) is 0 Å². The zero-order chi connectivity index (χ0) is 17.1. The van der Waals surface area contributed by atoms with Crippen LogP contribution in [0.5, 0.6) is 0 Å². The van der Waals surface area contributed by atoms with Gasteiger partial charge in [-0.3, -0.25) is 4.79 Å². The third kappa shape index (κ3) is 3.82. The van der Waals surface area contributed by atoms with E-state index in [2.05, 4.69) is 10.4 Å². The minimum atomic E-state index is -0.507. The second kappa shape index (κ2) is 6.86. The van der Waals surface area contributed by atoms with Crippen molar-refractivity contribution in [2.24, 2.45) is 5.92 Å². The Morgan fingerprint density at radius 1 is 1.29 bits per heavy atom. The summed E-state index contributed by atoms with van der Waals surface area (Å²) in [5, 5.41) is 7.07. The van der Waals surface area contributed by atoms with Crippen molar-refractivity contribution >= 4 is 11.9 Å². The predicted octanol–water partition coefficient (Wildman–Crippen LogP) is 2.25. The number of aryl methyl sites for hydroxylation is 1. The summed E-state index contributed by atoms with van der Waals surface area (Å²) in [6.07, 6.45) is 4.03. The van der Waals surface area contributed by atoms with Crippen molar-refractivity contribution in [2.75, 3.05) is 6.61 Å². The Balaban J connectivity index is 1.53. The molecule has 0 saturated heterocycles. The number of hydrogen-bond donors (Lipinski definition) is 1. The average Bonchev–Trinajstić information content (AvgIpc) is 3.35. The molecule has 0 radical (unpaired) electrons. The third-order valence-electron chi connectivity index (χ3n) is 4.23. The fourth-order valence-electron chi connectivity index (χ4n) is 2.60. The van der Waals surface area contributed by atoms with Crippen LogP contribution in [0.25, 0.3) is 5.69 Å². The number of rotatable bonds is 6. The molecule has 0 aliphatic heterocycles. The molecule has 3 rings (SSSR count). The molecule has 1 aromatic heterocycles. The summed E-state index contributed by atoms with van der Waals surface area (Å²) in [6, 6.07) is 8.99. The highest BCUT2D eigenvalue weighted by Crippen LogP contribution is 2.32. The molecule has 1 atom stereocenters. The summed E-state index contributed by atoms with van der Waals surface area (Å²) >= 11 is 0. The number of amides is 1. The molecule has 6 nitrogen and oxygen atoms in total. The molecule has 0 spiro atoms. The summed E-state index contributed by atoms with van der Waals surface area (Å²) in [5.41, 5.74) is 2.28. The smallest absolute Gasteiger partial charge is 0.338 e. The number of hydrogen-bond acceptors (Lipinski definition) is 4. The molecule has 126 valence electrons. The fraction of sp³-hybridized carbons (Fsp3) is 0.389. The first-order valence-electron chi connectivity index (χ1n) is 8.12. The number of benzene rings is 1. The number of nitrogens with one attached hydrogen (secondary N) is 1. The Morgan fingerprint density at radius 2 is 2.00 bits per heavy atom. The molecular weight excluding hydrogens is 306 g/mol. The van der Waals surface area contributed by atoms with Crippen molar-refractivity contribution in [3.05, 3.63) is 47.8 Å². The summed E-state index contributed by atoms with van der Waals surface area (Å²) in [6.45, 7) is 3.68. The summed E-state index contributed by atoms with van der Waals surface area (Å²) in [4.78, 5) is 23.8. The zero-order valence-electron chi connectivity index (χ0n) is 13.9. The lowest BCUT2D eigenvalue weighted by molar-refractivity contribution is -0.124. The topological polar surface area (TPSA) is 73.2 Å². The lowest BCUT2D eigenvalue weighted by Gasteiger charge is -2.12. The number of esters is 1. The monoisotopic (exact) mass is 327 g/mol. The van der Waals surface area contributed by atoms with E-state index in [1.807, 2.05) is 19.9 Å². The average molecular weight is 327 g/mol. The maximum absolute atomic E-state index is 12.0. The van der Waals surface area contributed by atoms with Crippen LogP contribution < -0.4 is 5.32 Å². The van der Waals surface area contributed by atoms with Gasteiger partial charge in [0, 0.05) is 17.9 Å². The SMILES string of the molecule is Cc1ccnn1-c1ccc(C(=O)OCC(=O)N[C@@H](C)C2CC2)cc1. The highest BCUT2D eigenvalue weighted by molar-refractivity contribution is 5.91. The van der Waals surface area contributed by atoms with Gasteiger partial charge in [-0.05, 0) is 62.9 Å². The number of carbonyl (C=O) groups is 2. The predicted molar refractivity (Wildman–Crippen MR) is 88.9 cm³/mol. The number of carbonyl (C=O) groups excluding carboxylic acids is 2. The molecule has 1 N–H and O–H groups in total. The van der Waals surface area contributed by atoms with Gasteiger partial charge in [-0.1, -0.05) is 0 Å². The first-order valence-corrected chi connectivity index (χ1v) is 8.12. The van der Waals surface area contributed by atoms with Crippen molar-refractivity contribution in [1.29, 1.82) is 0 Å². The molecule has 1 heterocycles. The Hall–Kier alpha value is -2.63. The highest BCUT2D eigenvalue weighted by atomic mass is 16.5. The van der Waals surface area contributed by atoms with E-state index in [4.69, 9.17) is 4.74 Å². The molecule has 1 aromatic carbocycles. The maximum atomic E-state index is 12.0. The fourth-order valence-corrected chi connectivity index (χ4v) is 2.60. The minimum absolute atomic E-state index is 0.146. The van der Waals surface area contributed by atoms with Gasteiger partial charge in [-0.2, -0.15) is 5.10 Å². The standard InChI is InChI=1S/C18H21N3O3/c1-12-9-10-19-21(12)16-7-5-15(6-8-16)18(23)24-11-17(22)20-13(2)14-3-4-14/h5-10,13-14H,3-4,11H2,1-2H3,(H,20,22)/t13-/m0/s1. The Kier molecular flexibility index (Phi) is 4.64. The van der Waals surface area contributed by atoms with Gasteiger partial charge in [0.05, 0.1) is 11.3 Å². The van der Waals surface area contributed by atoms with E-state index in [0.29, 0.717) is 11.5 Å². The Labute approximate surface area is 140 Å². The lowest BCUT2D eigenvalue weighted by atomic mass is 10.2. The molecule has 6 heteroatoms. The molecule has 1 amide bonds. The zero-order valence-corrected chi connectivity index (χ0v) is 13.9. The molecule has 0 bridgehead atoms.